The third-order valence-corrected chi connectivity index (χ3v) is 2.30. The van der Waals surface area contributed by atoms with Gasteiger partial charge in [-0.05, 0) is 31.2 Å². The van der Waals surface area contributed by atoms with Gasteiger partial charge in [-0.3, -0.25) is 5.41 Å². The van der Waals surface area contributed by atoms with Crippen molar-refractivity contribution >= 4 is 35.2 Å². The standard InChI is InChI=1S/C12H12N2O3.ClH/c1-2-16-12(15)10-6-8-5-7(11(13)14)3-4-9(8)17-10;/h3-6H,2H2,1H3,(H3,13,14);1H. The fourth-order valence-corrected chi connectivity index (χ4v) is 1.51. The first-order chi connectivity index (χ1) is 8.11. The smallest absolute Gasteiger partial charge is 0.374 e. The molecule has 1 aromatic heterocycles. The third kappa shape index (κ3) is 2.62. The maximum Gasteiger partial charge on any atom is 0.374 e. The number of esters is 1. The van der Waals surface area contributed by atoms with Gasteiger partial charge < -0.3 is 14.9 Å². The summed E-state index contributed by atoms with van der Waals surface area (Å²) in [6.07, 6.45) is 0. The Morgan fingerprint density at radius 3 is 2.78 bits per heavy atom. The van der Waals surface area contributed by atoms with E-state index in [1.165, 1.54) is 0 Å². The molecule has 0 saturated heterocycles. The first kappa shape index (κ1) is 14.1. The number of rotatable bonds is 3. The molecule has 0 bridgehead atoms. The van der Waals surface area contributed by atoms with Gasteiger partial charge in [-0.15, -0.1) is 12.4 Å². The van der Waals surface area contributed by atoms with E-state index in [2.05, 4.69) is 0 Å². The number of amidine groups is 1. The minimum absolute atomic E-state index is 0. The molecule has 96 valence electrons. The molecule has 3 N–H and O–H groups in total. The van der Waals surface area contributed by atoms with Crippen molar-refractivity contribution in [1.82, 2.24) is 0 Å². The Bertz CT molecular complexity index is 592. The van der Waals surface area contributed by atoms with E-state index in [0.717, 1.165) is 5.39 Å². The fourth-order valence-electron chi connectivity index (χ4n) is 1.51. The van der Waals surface area contributed by atoms with Crippen LogP contribution in [0.4, 0.5) is 0 Å². The number of nitrogen functional groups attached to an aromatic ring is 1. The van der Waals surface area contributed by atoms with Crippen molar-refractivity contribution in [2.75, 3.05) is 6.61 Å². The Labute approximate surface area is 110 Å². The molecule has 0 saturated carbocycles. The molecule has 6 heteroatoms. The molecule has 0 atom stereocenters. The number of hydrogen-bond donors (Lipinski definition) is 2. The molecule has 18 heavy (non-hydrogen) atoms. The predicted molar refractivity (Wildman–Crippen MR) is 70.4 cm³/mol. The lowest BCUT2D eigenvalue weighted by Crippen LogP contribution is -2.10. The van der Waals surface area contributed by atoms with Crippen LogP contribution in [0.3, 0.4) is 0 Å². The van der Waals surface area contributed by atoms with Crippen LogP contribution in [-0.4, -0.2) is 18.4 Å². The van der Waals surface area contributed by atoms with Crippen LogP contribution in [-0.2, 0) is 4.74 Å². The summed E-state index contributed by atoms with van der Waals surface area (Å²) in [5.41, 5.74) is 6.54. The Morgan fingerprint density at radius 2 is 2.17 bits per heavy atom. The number of hydrogen-bond acceptors (Lipinski definition) is 4. The second-order valence-corrected chi connectivity index (χ2v) is 3.50. The lowest BCUT2D eigenvalue weighted by atomic mass is 10.1. The largest absolute Gasteiger partial charge is 0.460 e. The number of halogens is 1. The number of benzene rings is 1. The topological polar surface area (TPSA) is 89.3 Å². The quantitative estimate of drug-likeness (QED) is 0.508. The van der Waals surface area contributed by atoms with Crippen LogP contribution < -0.4 is 5.73 Å². The van der Waals surface area contributed by atoms with Gasteiger partial charge in [0.05, 0.1) is 6.61 Å². The molecule has 2 aromatic rings. The predicted octanol–water partition coefficient (Wildman–Crippen LogP) is 2.32. The number of carbonyl (C=O) groups is 1. The van der Waals surface area contributed by atoms with Crippen molar-refractivity contribution < 1.29 is 13.9 Å². The van der Waals surface area contributed by atoms with Gasteiger partial charge in [-0.25, -0.2) is 4.79 Å². The van der Waals surface area contributed by atoms with E-state index in [-0.39, 0.29) is 24.0 Å². The third-order valence-electron chi connectivity index (χ3n) is 2.30. The van der Waals surface area contributed by atoms with E-state index in [4.69, 9.17) is 20.3 Å². The van der Waals surface area contributed by atoms with Gasteiger partial charge in [0, 0.05) is 10.9 Å². The highest BCUT2D eigenvalue weighted by atomic mass is 35.5. The number of carbonyl (C=O) groups excluding carboxylic acids is 1. The van der Waals surface area contributed by atoms with Crippen LogP contribution in [0.5, 0.6) is 0 Å². The second kappa shape index (κ2) is 5.55. The van der Waals surface area contributed by atoms with Gasteiger partial charge >= 0.3 is 5.97 Å². The van der Waals surface area contributed by atoms with E-state index in [9.17, 15) is 4.79 Å². The highest BCUT2D eigenvalue weighted by molar-refractivity contribution is 5.99. The van der Waals surface area contributed by atoms with Crippen molar-refractivity contribution in [2.24, 2.45) is 5.73 Å². The SMILES string of the molecule is CCOC(=O)c1cc2cc(C(=N)N)ccc2o1.Cl. The first-order valence-corrected chi connectivity index (χ1v) is 5.17. The summed E-state index contributed by atoms with van der Waals surface area (Å²) in [5, 5.41) is 8.05. The zero-order valence-electron chi connectivity index (χ0n) is 9.73. The summed E-state index contributed by atoms with van der Waals surface area (Å²) in [7, 11) is 0. The van der Waals surface area contributed by atoms with Gasteiger partial charge in [-0.1, -0.05) is 0 Å². The number of fused-ring (bicyclic) bond motifs is 1. The van der Waals surface area contributed by atoms with Gasteiger partial charge in [0.2, 0.25) is 5.76 Å². The molecule has 1 heterocycles. The maximum absolute atomic E-state index is 11.5. The van der Waals surface area contributed by atoms with Crippen LogP contribution >= 0.6 is 12.4 Å². The zero-order valence-corrected chi connectivity index (χ0v) is 10.5. The Balaban J connectivity index is 0.00000162. The number of nitrogens with two attached hydrogens (primary N) is 1. The molecule has 0 unspecified atom stereocenters. The van der Waals surface area contributed by atoms with Crippen LogP contribution in [0.2, 0.25) is 0 Å². The van der Waals surface area contributed by atoms with E-state index >= 15 is 0 Å². The molecule has 0 aliphatic carbocycles. The van der Waals surface area contributed by atoms with Crippen molar-refractivity contribution in [2.45, 2.75) is 6.92 Å². The van der Waals surface area contributed by atoms with Crippen molar-refractivity contribution in [3.05, 3.63) is 35.6 Å². The van der Waals surface area contributed by atoms with Gasteiger partial charge in [0.15, 0.2) is 0 Å². The summed E-state index contributed by atoms with van der Waals surface area (Å²) in [4.78, 5) is 11.5. The van der Waals surface area contributed by atoms with E-state index < -0.39 is 5.97 Å². The molecule has 2 rings (SSSR count). The summed E-state index contributed by atoms with van der Waals surface area (Å²) < 4.78 is 10.2. The van der Waals surface area contributed by atoms with Crippen molar-refractivity contribution in [1.29, 1.82) is 5.41 Å². The molecule has 1 aromatic carbocycles. The summed E-state index contributed by atoms with van der Waals surface area (Å²) in [6.45, 7) is 2.03. The Hall–Kier alpha value is -2.01. The highest BCUT2D eigenvalue weighted by Crippen LogP contribution is 2.21. The molecule has 5 nitrogen and oxygen atoms in total. The first-order valence-electron chi connectivity index (χ1n) is 5.17. The summed E-state index contributed by atoms with van der Waals surface area (Å²) >= 11 is 0. The monoisotopic (exact) mass is 268 g/mol. The lowest BCUT2D eigenvalue weighted by Gasteiger charge is -1.96. The number of nitrogens with one attached hydrogen (secondary N) is 1. The van der Waals surface area contributed by atoms with Gasteiger partial charge in [0.25, 0.3) is 0 Å². The number of ether oxygens (including phenoxy) is 1. The van der Waals surface area contributed by atoms with E-state index in [1.807, 2.05) is 0 Å². The molecular weight excluding hydrogens is 256 g/mol. The number of furan rings is 1. The molecule has 0 spiro atoms. The Kier molecular flexibility index (Phi) is 4.33. The highest BCUT2D eigenvalue weighted by Gasteiger charge is 2.13. The molecule has 0 aliphatic heterocycles. The lowest BCUT2D eigenvalue weighted by molar-refractivity contribution is 0.0492. The van der Waals surface area contributed by atoms with E-state index in [0.29, 0.717) is 17.8 Å². The molecule has 0 amide bonds. The minimum Gasteiger partial charge on any atom is -0.460 e. The Morgan fingerprint density at radius 1 is 1.44 bits per heavy atom. The van der Waals surface area contributed by atoms with Crippen LogP contribution in [0.25, 0.3) is 11.0 Å². The molecule has 0 radical (unpaired) electrons. The normalized spacial score (nSPS) is 9.83. The minimum atomic E-state index is -0.493. The van der Waals surface area contributed by atoms with Gasteiger partial charge in [0.1, 0.15) is 11.4 Å². The average molecular weight is 269 g/mol. The van der Waals surface area contributed by atoms with Crippen LogP contribution in [0, 0.1) is 5.41 Å². The maximum atomic E-state index is 11.5. The molecule has 0 aliphatic rings. The zero-order chi connectivity index (χ0) is 12.4. The van der Waals surface area contributed by atoms with Crippen molar-refractivity contribution in [3.63, 3.8) is 0 Å². The summed E-state index contributed by atoms with van der Waals surface area (Å²) in [5.74, 6) is -0.360. The molecular formula is C12H13ClN2O3. The second-order valence-electron chi connectivity index (χ2n) is 3.50. The average Bonchev–Trinajstić information content (AvgIpc) is 2.71. The van der Waals surface area contributed by atoms with Crippen LogP contribution in [0.1, 0.15) is 23.0 Å². The van der Waals surface area contributed by atoms with Crippen LogP contribution in [0.15, 0.2) is 28.7 Å². The fraction of sp³-hybridized carbons (Fsp3) is 0.167. The molecule has 0 fully saturated rings. The van der Waals surface area contributed by atoms with Crippen molar-refractivity contribution in [3.8, 4) is 0 Å². The summed E-state index contributed by atoms with van der Waals surface area (Å²) in [6, 6.07) is 6.63. The van der Waals surface area contributed by atoms with Gasteiger partial charge in [-0.2, -0.15) is 0 Å². The van der Waals surface area contributed by atoms with E-state index in [1.54, 1.807) is 31.2 Å².